The van der Waals surface area contributed by atoms with Gasteiger partial charge in [-0.1, -0.05) is 38.1 Å². The van der Waals surface area contributed by atoms with Gasteiger partial charge in [0.1, 0.15) is 18.1 Å². The van der Waals surface area contributed by atoms with Crippen molar-refractivity contribution in [2.45, 2.75) is 39.7 Å². The van der Waals surface area contributed by atoms with E-state index in [1.165, 1.54) is 0 Å². The molecule has 1 amide bonds. The predicted octanol–water partition coefficient (Wildman–Crippen LogP) is 5.78. The quantitative estimate of drug-likeness (QED) is 0.358. The second-order valence-electron chi connectivity index (χ2n) is 8.43. The lowest BCUT2D eigenvalue weighted by Gasteiger charge is -2.16. The average molecular weight is 478 g/mol. The van der Waals surface area contributed by atoms with Gasteiger partial charge in [0.2, 0.25) is 0 Å². The maximum atomic E-state index is 12.9. The van der Waals surface area contributed by atoms with E-state index in [4.69, 9.17) is 18.9 Å². The molecule has 1 N–H and O–H groups in total. The molecule has 6 nitrogen and oxygen atoms in total. The Morgan fingerprint density at radius 1 is 0.857 bits per heavy atom. The number of methoxy groups -OCH3 is 2. The normalized spacial score (nSPS) is 10.7. The van der Waals surface area contributed by atoms with Crippen LogP contribution >= 0.6 is 0 Å². The molecule has 0 atom stereocenters. The first-order valence-corrected chi connectivity index (χ1v) is 11.9. The molecule has 0 heterocycles. The van der Waals surface area contributed by atoms with Crippen molar-refractivity contribution >= 4 is 5.91 Å². The monoisotopic (exact) mass is 477 g/mol. The highest BCUT2D eigenvalue weighted by molar-refractivity contribution is 5.94. The molecule has 0 bridgehead atoms. The zero-order valence-corrected chi connectivity index (χ0v) is 21.2. The summed E-state index contributed by atoms with van der Waals surface area (Å²) in [6.07, 6.45) is 0.672. The molecule has 0 saturated carbocycles. The number of carbonyl (C=O) groups is 1. The first kappa shape index (κ1) is 25.9. The minimum Gasteiger partial charge on any atom is -0.493 e. The zero-order chi connectivity index (χ0) is 25.2. The Morgan fingerprint density at radius 3 is 2.31 bits per heavy atom. The van der Waals surface area contributed by atoms with Crippen molar-refractivity contribution in [2.75, 3.05) is 27.4 Å². The van der Waals surface area contributed by atoms with E-state index in [2.05, 4.69) is 25.2 Å². The summed E-state index contributed by atoms with van der Waals surface area (Å²) in [6.45, 7) is 7.56. The highest BCUT2D eigenvalue weighted by Crippen LogP contribution is 2.29. The number of benzene rings is 3. The van der Waals surface area contributed by atoms with Gasteiger partial charge in [-0.3, -0.25) is 4.79 Å². The molecule has 6 heteroatoms. The molecule has 0 aromatic heterocycles. The van der Waals surface area contributed by atoms with E-state index in [0.29, 0.717) is 49.2 Å². The molecule has 0 unspecified atom stereocenters. The lowest BCUT2D eigenvalue weighted by Crippen LogP contribution is -2.25. The highest BCUT2D eigenvalue weighted by atomic mass is 16.5. The van der Waals surface area contributed by atoms with Crippen molar-refractivity contribution in [3.8, 4) is 23.0 Å². The Kier molecular flexibility index (Phi) is 9.41. The molecule has 35 heavy (non-hydrogen) atoms. The van der Waals surface area contributed by atoms with Crippen molar-refractivity contribution in [3.63, 3.8) is 0 Å². The van der Waals surface area contributed by atoms with Crippen LogP contribution in [0.4, 0.5) is 0 Å². The number of nitrogens with one attached hydrogen (secondary N) is 1. The fourth-order valence-electron chi connectivity index (χ4n) is 3.83. The van der Waals surface area contributed by atoms with E-state index in [-0.39, 0.29) is 5.91 Å². The van der Waals surface area contributed by atoms with Crippen LogP contribution in [0.25, 0.3) is 0 Å². The molecule has 0 aliphatic carbocycles. The van der Waals surface area contributed by atoms with Crippen LogP contribution in [0.3, 0.4) is 0 Å². The van der Waals surface area contributed by atoms with Gasteiger partial charge in [0.15, 0.2) is 11.5 Å². The summed E-state index contributed by atoms with van der Waals surface area (Å²) in [5, 5.41) is 3.00. The van der Waals surface area contributed by atoms with Crippen LogP contribution in [0.15, 0.2) is 60.7 Å². The van der Waals surface area contributed by atoms with Gasteiger partial charge in [-0.2, -0.15) is 0 Å². The van der Waals surface area contributed by atoms with Crippen molar-refractivity contribution in [1.82, 2.24) is 5.32 Å². The fraction of sp³-hybridized carbons (Fsp3) is 0.345. The van der Waals surface area contributed by atoms with Crippen molar-refractivity contribution in [2.24, 2.45) is 0 Å². The Morgan fingerprint density at radius 2 is 1.60 bits per heavy atom. The maximum Gasteiger partial charge on any atom is 0.251 e. The van der Waals surface area contributed by atoms with Gasteiger partial charge in [-0.25, -0.2) is 0 Å². The van der Waals surface area contributed by atoms with E-state index >= 15 is 0 Å². The topological polar surface area (TPSA) is 66.0 Å². The Balaban J connectivity index is 1.67. The first-order chi connectivity index (χ1) is 17.0. The predicted molar refractivity (Wildman–Crippen MR) is 138 cm³/mol. The number of ether oxygens (including phenoxy) is 4. The van der Waals surface area contributed by atoms with E-state index in [9.17, 15) is 4.79 Å². The molecule has 3 rings (SSSR count). The van der Waals surface area contributed by atoms with Crippen molar-refractivity contribution in [1.29, 1.82) is 0 Å². The summed E-state index contributed by atoms with van der Waals surface area (Å²) in [5.74, 6) is 3.12. The number of hydrogen-bond acceptors (Lipinski definition) is 5. The van der Waals surface area contributed by atoms with Gasteiger partial charge in [0.05, 0.1) is 20.8 Å². The molecule has 0 aliphatic heterocycles. The van der Waals surface area contributed by atoms with Crippen LogP contribution in [0.2, 0.25) is 0 Å². The molecule has 0 saturated heterocycles. The molecule has 3 aromatic carbocycles. The lowest BCUT2D eigenvalue weighted by molar-refractivity contribution is 0.0954. The summed E-state index contributed by atoms with van der Waals surface area (Å²) >= 11 is 0. The van der Waals surface area contributed by atoms with E-state index < -0.39 is 0 Å². The maximum absolute atomic E-state index is 12.9. The number of para-hydroxylation sites is 1. The minimum absolute atomic E-state index is 0.141. The highest BCUT2D eigenvalue weighted by Gasteiger charge is 2.13. The molecular weight excluding hydrogens is 442 g/mol. The van der Waals surface area contributed by atoms with Gasteiger partial charge >= 0.3 is 0 Å². The van der Waals surface area contributed by atoms with Gasteiger partial charge in [-0.15, -0.1) is 0 Å². The van der Waals surface area contributed by atoms with Crippen molar-refractivity contribution in [3.05, 3.63) is 82.9 Å². The Bertz CT molecular complexity index is 1130. The Hall–Kier alpha value is -3.67. The van der Waals surface area contributed by atoms with Crippen LogP contribution in [0.1, 0.15) is 53.7 Å². The van der Waals surface area contributed by atoms with Crippen LogP contribution in [0.5, 0.6) is 23.0 Å². The first-order valence-electron chi connectivity index (χ1n) is 11.9. The van der Waals surface area contributed by atoms with Crippen LogP contribution in [0, 0.1) is 0 Å². The van der Waals surface area contributed by atoms with Gasteiger partial charge in [0.25, 0.3) is 5.91 Å². The molecule has 3 aromatic rings. The zero-order valence-electron chi connectivity index (χ0n) is 21.2. The van der Waals surface area contributed by atoms with Crippen LogP contribution in [-0.2, 0) is 13.0 Å². The number of rotatable bonds is 12. The minimum atomic E-state index is -0.141. The van der Waals surface area contributed by atoms with E-state index in [1.807, 2.05) is 55.5 Å². The van der Waals surface area contributed by atoms with Gasteiger partial charge in [-0.05, 0) is 66.8 Å². The third-order valence-corrected chi connectivity index (χ3v) is 5.69. The third-order valence-electron chi connectivity index (χ3n) is 5.69. The smallest absolute Gasteiger partial charge is 0.251 e. The second kappa shape index (κ2) is 12.7. The summed E-state index contributed by atoms with van der Waals surface area (Å²) in [6, 6.07) is 19.2. The number of hydrogen-bond donors (Lipinski definition) is 1. The molecule has 0 fully saturated rings. The second-order valence-corrected chi connectivity index (χ2v) is 8.43. The summed E-state index contributed by atoms with van der Waals surface area (Å²) in [4.78, 5) is 12.9. The third kappa shape index (κ3) is 6.92. The summed E-state index contributed by atoms with van der Waals surface area (Å²) in [7, 11) is 3.22. The average Bonchev–Trinajstić information content (AvgIpc) is 2.88. The van der Waals surface area contributed by atoms with E-state index in [0.717, 1.165) is 28.2 Å². The van der Waals surface area contributed by atoms with E-state index in [1.54, 1.807) is 20.3 Å². The molecular formula is C29H35NO5. The van der Waals surface area contributed by atoms with Crippen LogP contribution < -0.4 is 24.3 Å². The lowest BCUT2D eigenvalue weighted by atomic mass is 10.0. The van der Waals surface area contributed by atoms with Crippen LogP contribution in [-0.4, -0.2) is 33.3 Å². The Labute approximate surface area is 208 Å². The van der Waals surface area contributed by atoms with Crippen molar-refractivity contribution < 1.29 is 23.7 Å². The standard InChI is InChI=1S/C29H35NO5/c1-6-34-25-14-12-22(18-23(25)19-35-26-10-8-7-9-24(26)20(2)3)29(31)30-16-15-21-11-13-27(32-4)28(17-21)33-5/h7-14,17-18,20H,6,15-16,19H2,1-5H3,(H,30,31). The fourth-order valence-corrected chi connectivity index (χ4v) is 3.83. The molecule has 0 radical (unpaired) electrons. The largest absolute Gasteiger partial charge is 0.493 e. The summed E-state index contributed by atoms with van der Waals surface area (Å²) in [5.41, 5.74) is 3.59. The SMILES string of the molecule is CCOc1ccc(C(=O)NCCc2ccc(OC)c(OC)c2)cc1COc1ccccc1C(C)C. The molecule has 0 spiro atoms. The molecule has 186 valence electrons. The number of amides is 1. The summed E-state index contributed by atoms with van der Waals surface area (Å²) < 4.78 is 22.6. The van der Waals surface area contributed by atoms with Gasteiger partial charge < -0.3 is 24.3 Å². The molecule has 0 aliphatic rings. The number of carbonyl (C=O) groups excluding carboxylic acids is 1. The van der Waals surface area contributed by atoms with Gasteiger partial charge in [0, 0.05) is 17.7 Å².